The number of aliphatic carboxylic acids is 1. The van der Waals surface area contributed by atoms with Crippen LogP contribution >= 0.6 is 0 Å². The average molecular weight is 440 g/mol. The summed E-state index contributed by atoms with van der Waals surface area (Å²) in [6, 6.07) is 17.5. The molecule has 2 aromatic rings. The summed E-state index contributed by atoms with van der Waals surface area (Å²) in [6.07, 6.45) is 1.31. The van der Waals surface area contributed by atoms with Gasteiger partial charge in [0, 0.05) is 18.3 Å². The maximum atomic E-state index is 12.5. The van der Waals surface area contributed by atoms with Gasteiger partial charge in [0.1, 0.15) is 24.1 Å². The minimum atomic E-state index is -1.36. The summed E-state index contributed by atoms with van der Waals surface area (Å²) < 4.78 is 11.2. The molecule has 7 heteroatoms. The number of para-hydroxylation sites is 1. The number of aliphatic hydroxyl groups excluding tert-OH is 1. The van der Waals surface area contributed by atoms with Gasteiger partial charge in [0.15, 0.2) is 0 Å². The molecular weight excluding hydrogens is 412 g/mol. The number of aliphatic hydroxyl groups is 2. The Labute approximate surface area is 186 Å². The zero-order valence-corrected chi connectivity index (χ0v) is 17.8. The number of esters is 1. The number of rotatable bonds is 9. The maximum Gasteiger partial charge on any atom is 0.338 e. The fraction of sp³-hybridized carbons (Fsp3) is 0.360. The highest BCUT2D eigenvalue weighted by molar-refractivity contribution is 5.89. The lowest BCUT2D eigenvalue weighted by molar-refractivity contribution is -0.139. The van der Waals surface area contributed by atoms with Crippen molar-refractivity contribution in [2.24, 2.45) is 11.8 Å². The number of ether oxygens (including phenoxy) is 2. The molecule has 0 spiro atoms. The van der Waals surface area contributed by atoms with Crippen LogP contribution in [-0.4, -0.2) is 51.7 Å². The Kier molecular flexibility index (Phi) is 7.66. The highest BCUT2D eigenvalue weighted by Gasteiger charge is 2.44. The van der Waals surface area contributed by atoms with E-state index >= 15 is 0 Å². The second-order valence-corrected chi connectivity index (χ2v) is 8.27. The standard InChI is InChI=1S/C25H28O7/c1-25(30,16-31-18-10-6-3-7-11-18)13-12-19-20(14-23(27)28)21(26)15-22(19)32-24(29)17-8-4-2-5-9-17/h2-13,19-22,26,30H,14-16H2,1H3,(H,27,28)/t19-,20-,21+,22-,25?/m1/s1. The van der Waals surface area contributed by atoms with Crippen molar-refractivity contribution in [1.29, 1.82) is 0 Å². The fourth-order valence-electron chi connectivity index (χ4n) is 3.86. The van der Waals surface area contributed by atoms with Gasteiger partial charge in [-0.25, -0.2) is 4.79 Å². The highest BCUT2D eigenvalue weighted by atomic mass is 16.5. The second-order valence-electron chi connectivity index (χ2n) is 8.27. The van der Waals surface area contributed by atoms with Crippen LogP contribution in [0.25, 0.3) is 0 Å². The van der Waals surface area contributed by atoms with E-state index in [0.29, 0.717) is 11.3 Å². The Balaban J connectivity index is 1.74. The maximum absolute atomic E-state index is 12.5. The van der Waals surface area contributed by atoms with Gasteiger partial charge in [-0.15, -0.1) is 0 Å². The molecule has 0 radical (unpaired) electrons. The Morgan fingerprint density at radius 2 is 1.72 bits per heavy atom. The Morgan fingerprint density at radius 1 is 1.09 bits per heavy atom. The lowest BCUT2D eigenvalue weighted by Gasteiger charge is -2.24. The van der Waals surface area contributed by atoms with E-state index < -0.39 is 41.6 Å². The molecule has 1 aliphatic carbocycles. The molecular formula is C25H28O7. The van der Waals surface area contributed by atoms with Crippen LogP contribution in [0.1, 0.15) is 30.1 Å². The normalized spacial score (nSPS) is 24.7. The van der Waals surface area contributed by atoms with Crippen molar-refractivity contribution in [3.63, 3.8) is 0 Å². The van der Waals surface area contributed by atoms with Gasteiger partial charge in [0.25, 0.3) is 0 Å². The number of benzene rings is 2. The number of carbonyl (C=O) groups excluding carboxylic acids is 1. The molecule has 0 heterocycles. The van der Waals surface area contributed by atoms with Gasteiger partial charge >= 0.3 is 11.9 Å². The van der Waals surface area contributed by atoms with Gasteiger partial charge in [-0.05, 0) is 31.2 Å². The fourth-order valence-corrected chi connectivity index (χ4v) is 3.86. The zero-order chi connectivity index (χ0) is 23.1. The van der Waals surface area contributed by atoms with E-state index in [1.165, 1.54) is 6.08 Å². The summed E-state index contributed by atoms with van der Waals surface area (Å²) in [5, 5.41) is 30.5. The van der Waals surface area contributed by atoms with E-state index in [9.17, 15) is 24.9 Å². The summed E-state index contributed by atoms with van der Waals surface area (Å²) in [5.41, 5.74) is -0.986. The van der Waals surface area contributed by atoms with Gasteiger partial charge in [0.05, 0.1) is 18.1 Å². The zero-order valence-electron chi connectivity index (χ0n) is 17.8. The van der Waals surface area contributed by atoms with Gasteiger partial charge < -0.3 is 24.8 Å². The largest absolute Gasteiger partial charge is 0.490 e. The lowest BCUT2D eigenvalue weighted by Crippen LogP contribution is -2.31. The molecule has 0 aliphatic heterocycles. The van der Waals surface area contributed by atoms with Crippen LogP contribution in [0, 0.1) is 11.8 Å². The quantitative estimate of drug-likeness (QED) is 0.406. The van der Waals surface area contributed by atoms with Crippen LogP contribution in [0.4, 0.5) is 0 Å². The highest BCUT2D eigenvalue weighted by Crippen LogP contribution is 2.38. The summed E-state index contributed by atoms with van der Waals surface area (Å²) in [6.45, 7) is 1.54. The molecule has 32 heavy (non-hydrogen) atoms. The van der Waals surface area contributed by atoms with Gasteiger partial charge in [-0.2, -0.15) is 0 Å². The number of hydrogen-bond acceptors (Lipinski definition) is 6. The predicted octanol–water partition coefficient (Wildman–Crippen LogP) is 3.07. The Hall–Kier alpha value is -3.16. The molecule has 7 nitrogen and oxygen atoms in total. The van der Waals surface area contributed by atoms with E-state index in [0.717, 1.165) is 0 Å². The van der Waals surface area contributed by atoms with E-state index in [1.807, 2.05) is 18.2 Å². The van der Waals surface area contributed by atoms with Gasteiger partial charge in [-0.1, -0.05) is 48.6 Å². The number of carboxylic acid groups (broad SMARTS) is 1. The van der Waals surface area contributed by atoms with Crippen LogP contribution in [0.15, 0.2) is 72.8 Å². The van der Waals surface area contributed by atoms with Crippen molar-refractivity contribution >= 4 is 11.9 Å². The molecule has 5 atom stereocenters. The smallest absolute Gasteiger partial charge is 0.338 e. The Morgan fingerprint density at radius 3 is 2.34 bits per heavy atom. The molecule has 0 aromatic heterocycles. The van der Waals surface area contributed by atoms with Crippen molar-refractivity contribution in [3.8, 4) is 5.75 Å². The van der Waals surface area contributed by atoms with Crippen LogP contribution in [-0.2, 0) is 9.53 Å². The summed E-state index contributed by atoms with van der Waals surface area (Å²) in [7, 11) is 0. The molecule has 0 saturated heterocycles. The molecule has 1 aliphatic rings. The molecule has 3 rings (SSSR count). The Bertz CT molecular complexity index is 924. The first kappa shape index (κ1) is 23.5. The molecule has 1 fully saturated rings. The number of carbonyl (C=O) groups is 2. The topological polar surface area (TPSA) is 113 Å². The minimum absolute atomic E-state index is 0.0269. The molecule has 1 unspecified atom stereocenters. The molecule has 3 N–H and O–H groups in total. The van der Waals surface area contributed by atoms with Crippen LogP contribution < -0.4 is 4.74 Å². The van der Waals surface area contributed by atoms with Crippen molar-refractivity contribution in [2.75, 3.05) is 6.61 Å². The average Bonchev–Trinajstić information content (AvgIpc) is 3.05. The van der Waals surface area contributed by atoms with E-state index in [-0.39, 0.29) is 19.4 Å². The molecule has 0 amide bonds. The number of hydrogen-bond donors (Lipinski definition) is 3. The minimum Gasteiger partial charge on any atom is -0.490 e. The van der Waals surface area contributed by atoms with Gasteiger partial charge in [0.2, 0.25) is 0 Å². The van der Waals surface area contributed by atoms with E-state index in [1.54, 1.807) is 55.5 Å². The third-order valence-electron chi connectivity index (χ3n) is 5.52. The summed E-state index contributed by atoms with van der Waals surface area (Å²) in [5.74, 6) is -2.21. The number of carboxylic acids is 1. The predicted molar refractivity (Wildman–Crippen MR) is 117 cm³/mol. The molecule has 1 saturated carbocycles. The van der Waals surface area contributed by atoms with E-state index in [2.05, 4.69) is 0 Å². The first-order valence-electron chi connectivity index (χ1n) is 10.5. The second kappa shape index (κ2) is 10.4. The van der Waals surface area contributed by atoms with E-state index in [4.69, 9.17) is 9.47 Å². The van der Waals surface area contributed by atoms with Crippen LogP contribution in [0.5, 0.6) is 5.75 Å². The third-order valence-corrected chi connectivity index (χ3v) is 5.52. The lowest BCUT2D eigenvalue weighted by atomic mass is 9.89. The van der Waals surface area contributed by atoms with Crippen molar-refractivity contribution in [2.45, 2.75) is 37.6 Å². The molecule has 170 valence electrons. The molecule has 2 aromatic carbocycles. The van der Waals surface area contributed by atoms with Crippen molar-refractivity contribution in [1.82, 2.24) is 0 Å². The summed E-state index contributed by atoms with van der Waals surface area (Å²) in [4.78, 5) is 23.9. The monoisotopic (exact) mass is 440 g/mol. The first-order valence-corrected chi connectivity index (χ1v) is 10.5. The van der Waals surface area contributed by atoms with Crippen LogP contribution in [0.3, 0.4) is 0 Å². The van der Waals surface area contributed by atoms with Gasteiger partial charge in [-0.3, -0.25) is 4.79 Å². The van der Waals surface area contributed by atoms with Crippen molar-refractivity contribution < 1.29 is 34.4 Å². The van der Waals surface area contributed by atoms with Crippen molar-refractivity contribution in [3.05, 3.63) is 78.4 Å². The third kappa shape index (κ3) is 6.42. The SMILES string of the molecule is CC(O)(C=C[C@@H]1[C@@H](CC(=O)O)[C@@H](O)C[C@H]1OC(=O)c1ccccc1)COc1ccccc1. The van der Waals surface area contributed by atoms with Crippen LogP contribution in [0.2, 0.25) is 0 Å². The first-order chi connectivity index (χ1) is 15.2. The molecule has 0 bridgehead atoms. The summed E-state index contributed by atoms with van der Waals surface area (Å²) >= 11 is 0.